The van der Waals surface area contributed by atoms with Crippen LogP contribution in [0.3, 0.4) is 0 Å². The highest BCUT2D eigenvalue weighted by molar-refractivity contribution is 7.90. The summed E-state index contributed by atoms with van der Waals surface area (Å²) < 4.78 is 29.6. The smallest absolute Gasteiger partial charge is 0.200 e. The average Bonchev–Trinajstić information content (AvgIpc) is 3.47. The molecular formula is C37H51N5O4SSi. The van der Waals surface area contributed by atoms with E-state index in [4.69, 9.17) is 24.2 Å². The fraction of sp³-hybridized carbons (Fsp3) is 0.486. The lowest BCUT2D eigenvalue weighted by atomic mass is 9.94. The van der Waals surface area contributed by atoms with Gasteiger partial charge < -0.3 is 18.8 Å². The standard InChI is InChI=1S/C37H51N5O4SSi/c1-10-19-37(43,41-47(44)35(2,3)4)33-15-12-14-31(40-33)27-22-29(26-17-20-45-21-18-26)30-24-38-42(32(30)23-27)34-16-11-13-28(39-34)25-46-48(8,9)36(5,6)7/h11-17,22-24,41,43H,10,18-21,25H2,1-9H3/t37-,47?/m0/s1. The molecule has 3 aromatic heterocycles. The maximum atomic E-state index is 13.1. The van der Waals surface area contributed by atoms with Crippen molar-refractivity contribution in [3.05, 3.63) is 77.8 Å². The van der Waals surface area contributed by atoms with Gasteiger partial charge in [-0.1, -0.05) is 52.3 Å². The van der Waals surface area contributed by atoms with Gasteiger partial charge in [0.15, 0.2) is 19.9 Å². The van der Waals surface area contributed by atoms with Gasteiger partial charge in [-0.3, -0.25) is 0 Å². The fourth-order valence-electron chi connectivity index (χ4n) is 5.36. The number of nitrogens with one attached hydrogen (secondary N) is 1. The number of benzene rings is 1. The molecule has 0 saturated carbocycles. The van der Waals surface area contributed by atoms with E-state index in [2.05, 4.69) is 56.8 Å². The molecular weight excluding hydrogens is 639 g/mol. The Morgan fingerprint density at radius 3 is 2.48 bits per heavy atom. The molecule has 2 atom stereocenters. The lowest BCUT2D eigenvalue weighted by molar-refractivity contribution is 0.0101. The van der Waals surface area contributed by atoms with Crippen molar-refractivity contribution in [2.45, 2.75) is 103 Å². The number of fused-ring (bicyclic) bond motifs is 1. The van der Waals surface area contributed by atoms with Gasteiger partial charge in [0, 0.05) is 22.3 Å². The Morgan fingerprint density at radius 1 is 1.06 bits per heavy atom. The minimum Gasteiger partial charge on any atom is -0.598 e. The van der Waals surface area contributed by atoms with Crippen LogP contribution < -0.4 is 4.72 Å². The number of hydrogen-bond donors (Lipinski definition) is 2. The van der Waals surface area contributed by atoms with Crippen molar-refractivity contribution in [3.8, 4) is 17.1 Å². The second kappa shape index (κ2) is 14.1. The highest BCUT2D eigenvalue weighted by atomic mass is 32.2. The maximum absolute atomic E-state index is 13.1. The van der Waals surface area contributed by atoms with Crippen molar-refractivity contribution in [1.82, 2.24) is 24.5 Å². The van der Waals surface area contributed by atoms with Crippen molar-refractivity contribution in [3.63, 3.8) is 0 Å². The first-order valence-corrected chi connectivity index (χ1v) is 20.9. The van der Waals surface area contributed by atoms with E-state index in [1.807, 2.05) is 68.9 Å². The van der Waals surface area contributed by atoms with Gasteiger partial charge in [-0.15, -0.1) is 4.72 Å². The number of aromatic nitrogens is 4. The summed E-state index contributed by atoms with van der Waals surface area (Å²) in [6.45, 7) is 20.5. The monoisotopic (exact) mass is 689 g/mol. The topological polar surface area (TPSA) is 117 Å². The van der Waals surface area contributed by atoms with Gasteiger partial charge >= 0.3 is 0 Å². The van der Waals surface area contributed by atoms with E-state index >= 15 is 0 Å². The van der Waals surface area contributed by atoms with Crippen molar-refractivity contribution < 1.29 is 18.8 Å². The lowest BCUT2D eigenvalue weighted by Crippen LogP contribution is -2.51. The van der Waals surface area contributed by atoms with Gasteiger partial charge in [-0.25, -0.2) is 14.6 Å². The van der Waals surface area contributed by atoms with Crippen molar-refractivity contribution in [1.29, 1.82) is 0 Å². The third-order valence-corrected chi connectivity index (χ3v) is 15.4. The van der Waals surface area contributed by atoms with Crippen LogP contribution in [0.25, 0.3) is 33.6 Å². The summed E-state index contributed by atoms with van der Waals surface area (Å²) in [4.78, 5) is 9.97. The van der Waals surface area contributed by atoms with Crippen molar-refractivity contribution in [2.75, 3.05) is 13.2 Å². The molecule has 0 aliphatic carbocycles. The van der Waals surface area contributed by atoms with Gasteiger partial charge in [0.1, 0.15) is 4.75 Å². The number of pyridine rings is 2. The Morgan fingerprint density at radius 2 is 1.81 bits per heavy atom. The Hall–Kier alpha value is -2.90. The van der Waals surface area contributed by atoms with Gasteiger partial charge in [-0.2, -0.15) is 5.10 Å². The summed E-state index contributed by atoms with van der Waals surface area (Å²) >= 11 is -1.50. The first-order valence-electron chi connectivity index (χ1n) is 16.8. The van der Waals surface area contributed by atoms with Gasteiger partial charge in [0.05, 0.1) is 48.6 Å². The molecule has 4 aromatic rings. The zero-order valence-corrected chi connectivity index (χ0v) is 31.7. The largest absolute Gasteiger partial charge is 0.598 e. The number of nitrogens with zero attached hydrogens (tertiary/aromatic N) is 4. The van der Waals surface area contributed by atoms with Crippen LogP contribution in [0, 0.1) is 0 Å². The first-order chi connectivity index (χ1) is 22.5. The van der Waals surface area contributed by atoms with Gasteiger partial charge in [-0.05, 0) is 99.3 Å². The molecule has 0 radical (unpaired) electrons. The lowest BCUT2D eigenvalue weighted by Gasteiger charge is -2.36. The zero-order valence-electron chi connectivity index (χ0n) is 29.9. The van der Waals surface area contributed by atoms with Crippen LogP contribution in [0.15, 0.2) is 60.8 Å². The zero-order chi connectivity index (χ0) is 34.9. The maximum Gasteiger partial charge on any atom is 0.200 e. The molecule has 5 rings (SSSR count). The summed E-state index contributed by atoms with van der Waals surface area (Å²) in [6.07, 6.45) is 5.85. The van der Waals surface area contributed by atoms with E-state index in [0.717, 1.165) is 34.1 Å². The van der Waals surface area contributed by atoms with E-state index in [9.17, 15) is 9.66 Å². The van der Waals surface area contributed by atoms with Crippen LogP contribution >= 0.6 is 0 Å². The molecule has 1 aliphatic rings. The average molecular weight is 690 g/mol. The van der Waals surface area contributed by atoms with E-state index in [1.54, 1.807) is 6.07 Å². The van der Waals surface area contributed by atoms with Crippen LogP contribution in [0.2, 0.25) is 18.1 Å². The third kappa shape index (κ3) is 7.94. The molecule has 4 heterocycles. The molecule has 0 saturated heterocycles. The van der Waals surface area contributed by atoms with Crippen molar-refractivity contribution in [2.24, 2.45) is 0 Å². The highest BCUT2D eigenvalue weighted by Gasteiger charge is 2.40. The Bertz CT molecular complexity index is 1780. The SMILES string of the molecule is CCC[C@@](O)(N[S+]([O-])C(C)(C)C)c1cccc(-c2cc(C3=CCOCC3)c3cnn(-c4cccc(CO[Si](C)(C)C(C)(C)C)n4)c3c2)n1. The number of aliphatic hydroxyl groups is 1. The third-order valence-electron chi connectivity index (χ3n) is 9.29. The van der Waals surface area contributed by atoms with Gasteiger partial charge in [0.25, 0.3) is 0 Å². The van der Waals surface area contributed by atoms with Crippen LogP contribution in [0.1, 0.15) is 84.7 Å². The predicted octanol–water partition coefficient (Wildman–Crippen LogP) is 7.81. The molecule has 9 nitrogen and oxygen atoms in total. The molecule has 0 bridgehead atoms. The molecule has 1 aliphatic heterocycles. The van der Waals surface area contributed by atoms with E-state index in [1.165, 1.54) is 5.57 Å². The molecule has 48 heavy (non-hydrogen) atoms. The van der Waals surface area contributed by atoms with Crippen LogP contribution in [-0.2, 0) is 32.9 Å². The minimum atomic E-state index is -1.95. The Balaban J connectivity index is 1.59. The summed E-state index contributed by atoms with van der Waals surface area (Å²) in [6, 6.07) is 15.8. The number of hydrogen-bond acceptors (Lipinski definition) is 8. The second-order valence-electron chi connectivity index (χ2n) is 15.1. The quantitative estimate of drug-likeness (QED) is 0.0931. The summed E-state index contributed by atoms with van der Waals surface area (Å²) in [7, 11) is -1.95. The summed E-state index contributed by atoms with van der Waals surface area (Å²) in [5, 5.41) is 17.8. The Labute approximate surface area is 289 Å². The molecule has 0 fully saturated rings. The van der Waals surface area contributed by atoms with E-state index in [-0.39, 0.29) is 5.04 Å². The van der Waals surface area contributed by atoms with E-state index in [0.29, 0.717) is 49.9 Å². The van der Waals surface area contributed by atoms with Crippen molar-refractivity contribution >= 4 is 36.2 Å². The second-order valence-corrected chi connectivity index (χ2v) is 21.9. The molecule has 2 N–H and O–H groups in total. The Kier molecular flexibility index (Phi) is 10.7. The van der Waals surface area contributed by atoms with Gasteiger partial charge in [0.2, 0.25) is 0 Å². The molecule has 1 unspecified atom stereocenters. The summed E-state index contributed by atoms with van der Waals surface area (Å²) in [5.41, 5.74) is 4.45. The molecule has 258 valence electrons. The fourth-order valence-corrected chi connectivity index (χ4v) is 7.12. The molecule has 0 spiro atoms. The minimum absolute atomic E-state index is 0.103. The van der Waals surface area contributed by atoms with Crippen LogP contribution in [-0.4, -0.2) is 55.7 Å². The highest BCUT2D eigenvalue weighted by Crippen LogP contribution is 2.38. The molecule has 0 amide bonds. The predicted molar refractivity (Wildman–Crippen MR) is 197 cm³/mol. The van der Waals surface area contributed by atoms with E-state index < -0.39 is 30.2 Å². The number of rotatable bonds is 11. The molecule has 1 aromatic carbocycles. The normalized spacial score (nSPS) is 16.5. The molecule has 11 heteroatoms. The van der Waals surface area contributed by atoms with Crippen LogP contribution in [0.4, 0.5) is 0 Å². The number of ether oxygens (including phenoxy) is 1. The summed E-state index contributed by atoms with van der Waals surface area (Å²) in [5.74, 6) is 0.707. The first kappa shape index (κ1) is 36.4. The van der Waals surface area contributed by atoms with Crippen LogP contribution in [0.5, 0.6) is 0 Å².